The topological polar surface area (TPSA) is 48.1 Å². The molecular formula is C9H13ClN2O. The van der Waals surface area contributed by atoms with Gasteiger partial charge in [0.15, 0.2) is 0 Å². The molecule has 4 heteroatoms. The summed E-state index contributed by atoms with van der Waals surface area (Å²) in [5, 5.41) is 0.592. The molecule has 13 heavy (non-hydrogen) atoms. The van der Waals surface area contributed by atoms with Crippen LogP contribution in [0.2, 0.25) is 5.02 Å². The van der Waals surface area contributed by atoms with E-state index in [2.05, 4.69) is 4.98 Å². The first-order chi connectivity index (χ1) is 6.25. The van der Waals surface area contributed by atoms with Crippen molar-refractivity contribution in [3.63, 3.8) is 0 Å². The van der Waals surface area contributed by atoms with E-state index < -0.39 is 0 Å². The van der Waals surface area contributed by atoms with Crippen molar-refractivity contribution in [2.24, 2.45) is 5.73 Å². The quantitative estimate of drug-likeness (QED) is 0.806. The van der Waals surface area contributed by atoms with Crippen LogP contribution in [0.15, 0.2) is 18.3 Å². The van der Waals surface area contributed by atoms with Crippen molar-refractivity contribution in [3.05, 3.63) is 29.0 Å². The van der Waals surface area contributed by atoms with Crippen molar-refractivity contribution in [3.8, 4) is 0 Å². The average Bonchev–Trinajstić information content (AvgIpc) is 2.15. The zero-order chi connectivity index (χ0) is 9.68. The largest absolute Gasteiger partial charge is 0.380 e. The van der Waals surface area contributed by atoms with Gasteiger partial charge in [0.2, 0.25) is 0 Å². The zero-order valence-electron chi connectivity index (χ0n) is 7.53. The number of nitrogens with zero attached hydrogens (tertiary/aromatic N) is 1. The third kappa shape index (κ3) is 2.95. The summed E-state index contributed by atoms with van der Waals surface area (Å²) in [5.41, 5.74) is 6.50. The van der Waals surface area contributed by atoms with Crippen LogP contribution in [0.4, 0.5) is 0 Å². The summed E-state index contributed by atoms with van der Waals surface area (Å²) in [6.07, 6.45) is 1.67. The summed E-state index contributed by atoms with van der Waals surface area (Å²) < 4.78 is 5.18. The number of hydrogen-bond acceptors (Lipinski definition) is 3. The van der Waals surface area contributed by atoms with Crippen LogP contribution in [-0.4, -0.2) is 18.2 Å². The summed E-state index contributed by atoms with van der Waals surface area (Å²) in [5.74, 6) is 0. The summed E-state index contributed by atoms with van der Waals surface area (Å²) in [4.78, 5) is 4.09. The Kier molecular flexibility index (Phi) is 4.15. The Morgan fingerprint density at radius 2 is 2.46 bits per heavy atom. The molecule has 0 fully saturated rings. The number of hydrogen-bond donors (Lipinski definition) is 1. The van der Waals surface area contributed by atoms with Gasteiger partial charge >= 0.3 is 0 Å². The van der Waals surface area contributed by atoms with Gasteiger partial charge in [-0.3, -0.25) is 4.98 Å². The molecule has 0 spiro atoms. The molecule has 1 aromatic rings. The molecule has 2 N–H and O–H groups in total. The highest BCUT2D eigenvalue weighted by molar-refractivity contribution is 6.31. The summed E-state index contributed by atoms with van der Waals surface area (Å²) in [6.45, 7) is 3.03. The number of rotatable bonds is 4. The molecule has 0 aromatic carbocycles. The first kappa shape index (κ1) is 10.4. The number of halogens is 1. The maximum absolute atomic E-state index is 5.90. The summed E-state index contributed by atoms with van der Waals surface area (Å²) >= 11 is 5.90. The highest BCUT2D eigenvalue weighted by Gasteiger charge is 2.10. The standard InChI is InChI=1S/C9H13ClN2O/c1-2-13-6-8(11)9-7(10)4-3-5-12-9/h3-5,8H,2,6,11H2,1H3. The second kappa shape index (κ2) is 5.17. The van der Waals surface area contributed by atoms with Crippen LogP contribution >= 0.6 is 11.6 Å². The van der Waals surface area contributed by atoms with E-state index in [0.29, 0.717) is 23.9 Å². The number of pyridine rings is 1. The van der Waals surface area contributed by atoms with Crippen LogP contribution in [0.1, 0.15) is 18.7 Å². The molecule has 0 bridgehead atoms. The van der Waals surface area contributed by atoms with Gasteiger partial charge in [-0.05, 0) is 19.1 Å². The lowest BCUT2D eigenvalue weighted by molar-refractivity contribution is 0.132. The zero-order valence-corrected chi connectivity index (χ0v) is 8.29. The fraction of sp³-hybridized carbons (Fsp3) is 0.444. The van der Waals surface area contributed by atoms with E-state index >= 15 is 0 Å². The Bertz CT molecular complexity index is 268. The van der Waals surface area contributed by atoms with Crippen LogP contribution in [0.3, 0.4) is 0 Å². The number of ether oxygens (including phenoxy) is 1. The van der Waals surface area contributed by atoms with E-state index in [1.54, 1.807) is 18.3 Å². The SMILES string of the molecule is CCOCC(N)c1ncccc1Cl. The normalized spacial score (nSPS) is 12.8. The fourth-order valence-corrected chi connectivity index (χ4v) is 1.26. The second-order valence-electron chi connectivity index (χ2n) is 2.64. The molecule has 1 rings (SSSR count). The Hall–Kier alpha value is -0.640. The molecule has 0 radical (unpaired) electrons. The van der Waals surface area contributed by atoms with Gasteiger partial charge < -0.3 is 10.5 Å². The molecule has 0 saturated carbocycles. The Morgan fingerprint density at radius 3 is 3.08 bits per heavy atom. The number of nitrogens with two attached hydrogens (primary N) is 1. The molecule has 1 atom stereocenters. The molecule has 0 amide bonds. The van der Waals surface area contributed by atoms with Crippen molar-refractivity contribution in [2.75, 3.05) is 13.2 Å². The minimum absolute atomic E-state index is 0.242. The van der Waals surface area contributed by atoms with Gasteiger partial charge in [-0.1, -0.05) is 11.6 Å². The molecule has 1 heterocycles. The van der Waals surface area contributed by atoms with Gasteiger partial charge in [-0.15, -0.1) is 0 Å². The smallest absolute Gasteiger partial charge is 0.0780 e. The minimum atomic E-state index is -0.242. The van der Waals surface area contributed by atoms with Gasteiger partial charge in [-0.25, -0.2) is 0 Å². The third-order valence-electron chi connectivity index (χ3n) is 1.64. The van der Waals surface area contributed by atoms with Crippen molar-refractivity contribution >= 4 is 11.6 Å². The van der Waals surface area contributed by atoms with E-state index in [1.165, 1.54) is 0 Å². The van der Waals surface area contributed by atoms with E-state index in [1.807, 2.05) is 6.92 Å². The van der Waals surface area contributed by atoms with Gasteiger partial charge in [0.25, 0.3) is 0 Å². The fourth-order valence-electron chi connectivity index (χ4n) is 0.994. The van der Waals surface area contributed by atoms with E-state index in [0.717, 1.165) is 0 Å². The minimum Gasteiger partial charge on any atom is -0.380 e. The van der Waals surface area contributed by atoms with Crippen LogP contribution in [-0.2, 0) is 4.74 Å². The Morgan fingerprint density at radius 1 is 1.69 bits per heavy atom. The molecular weight excluding hydrogens is 188 g/mol. The highest BCUT2D eigenvalue weighted by atomic mass is 35.5. The summed E-state index contributed by atoms with van der Waals surface area (Å²) in [7, 11) is 0. The Labute approximate surface area is 82.9 Å². The van der Waals surface area contributed by atoms with Crippen molar-refractivity contribution in [1.82, 2.24) is 4.98 Å². The molecule has 1 unspecified atom stereocenters. The first-order valence-corrected chi connectivity index (χ1v) is 4.57. The van der Waals surface area contributed by atoms with E-state index in [-0.39, 0.29) is 6.04 Å². The monoisotopic (exact) mass is 200 g/mol. The van der Waals surface area contributed by atoms with Crippen molar-refractivity contribution < 1.29 is 4.74 Å². The molecule has 0 aliphatic heterocycles. The van der Waals surface area contributed by atoms with Crippen LogP contribution < -0.4 is 5.73 Å². The average molecular weight is 201 g/mol. The van der Waals surface area contributed by atoms with E-state index in [9.17, 15) is 0 Å². The predicted octanol–water partition coefficient (Wildman–Crippen LogP) is 1.77. The van der Waals surface area contributed by atoms with Gasteiger partial charge in [-0.2, -0.15) is 0 Å². The maximum Gasteiger partial charge on any atom is 0.0780 e. The van der Waals surface area contributed by atoms with E-state index in [4.69, 9.17) is 22.1 Å². The molecule has 72 valence electrons. The Balaban J connectivity index is 2.65. The lowest BCUT2D eigenvalue weighted by Gasteiger charge is -2.11. The second-order valence-corrected chi connectivity index (χ2v) is 3.04. The lowest BCUT2D eigenvalue weighted by Crippen LogP contribution is -2.18. The van der Waals surface area contributed by atoms with Gasteiger partial charge in [0.1, 0.15) is 0 Å². The summed E-state index contributed by atoms with van der Waals surface area (Å²) in [6, 6.07) is 3.31. The predicted molar refractivity (Wildman–Crippen MR) is 52.7 cm³/mol. The van der Waals surface area contributed by atoms with Gasteiger partial charge in [0, 0.05) is 12.8 Å². The molecule has 1 aromatic heterocycles. The van der Waals surface area contributed by atoms with Crippen molar-refractivity contribution in [1.29, 1.82) is 0 Å². The highest BCUT2D eigenvalue weighted by Crippen LogP contribution is 2.18. The van der Waals surface area contributed by atoms with Crippen LogP contribution in [0.25, 0.3) is 0 Å². The molecule has 0 aliphatic rings. The third-order valence-corrected chi connectivity index (χ3v) is 1.96. The first-order valence-electron chi connectivity index (χ1n) is 4.19. The maximum atomic E-state index is 5.90. The van der Waals surface area contributed by atoms with Crippen molar-refractivity contribution in [2.45, 2.75) is 13.0 Å². The molecule has 0 aliphatic carbocycles. The van der Waals surface area contributed by atoms with Gasteiger partial charge in [0.05, 0.1) is 23.4 Å². The number of aromatic nitrogens is 1. The molecule has 3 nitrogen and oxygen atoms in total. The van der Waals surface area contributed by atoms with Crippen LogP contribution in [0, 0.1) is 0 Å². The lowest BCUT2D eigenvalue weighted by atomic mass is 10.2. The molecule has 0 saturated heterocycles. The van der Waals surface area contributed by atoms with Crippen LogP contribution in [0.5, 0.6) is 0 Å².